The van der Waals surface area contributed by atoms with E-state index in [1.54, 1.807) is 0 Å². The number of hydrogen-bond donors (Lipinski definition) is 0. The maximum Gasteiger partial charge on any atom is 0.228 e. The fraction of sp³-hybridized carbons (Fsp3) is 0.933. The predicted octanol–water partition coefficient (Wildman–Crippen LogP) is 2.75. The molecule has 106 valence electrons. The molecule has 0 aliphatic carbocycles. The molecule has 1 aliphatic heterocycles. The van der Waals surface area contributed by atoms with Crippen molar-refractivity contribution in [2.75, 3.05) is 19.6 Å². The van der Waals surface area contributed by atoms with E-state index in [0.29, 0.717) is 18.0 Å². The molecule has 0 radical (unpaired) electrons. The molecule has 0 spiro atoms. The van der Waals surface area contributed by atoms with E-state index < -0.39 is 0 Å². The van der Waals surface area contributed by atoms with E-state index in [0.717, 1.165) is 32.5 Å². The summed E-state index contributed by atoms with van der Waals surface area (Å²) in [5, 5.41) is 0. The van der Waals surface area contributed by atoms with E-state index in [-0.39, 0.29) is 5.41 Å². The van der Waals surface area contributed by atoms with Crippen molar-refractivity contribution < 1.29 is 4.79 Å². The van der Waals surface area contributed by atoms with Gasteiger partial charge in [-0.1, -0.05) is 20.8 Å². The Bertz CT molecular complexity index is 273. The second-order valence-electron chi connectivity index (χ2n) is 6.70. The molecular weight excluding hydrogens is 224 g/mol. The average molecular weight is 254 g/mol. The standard InChI is InChI=1S/C15H30N2O/c1-7-17(14(18)15(4,5)6)13-8-10-16(11-9-13)12(2)3/h12-13H,7-11H2,1-6H3. The van der Waals surface area contributed by atoms with E-state index in [1.807, 2.05) is 20.8 Å². The second-order valence-corrected chi connectivity index (χ2v) is 6.70. The molecule has 0 aromatic rings. The van der Waals surface area contributed by atoms with Gasteiger partial charge in [0.1, 0.15) is 0 Å². The molecule has 0 N–H and O–H groups in total. The minimum absolute atomic E-state index is 0.259. The first-order valence-corrected chi connectivity index (χ1v) is 7.32. The van der Waals surface area contributed by atoms with Crippen molar-refractivity contribution in [1.29, 1.82) is 0 Å². The predicted molar refractivity (Wildman–Crippen MR) is 76.6 cm³/mol. The summed E-state index contributed by atoms with van der Waals surface area (Å²) in [7, 11) is 0. The van der Waals surface area contributed by atoms with Crippen LogP contribution in [0.2, 0.25) is 0 Å². The Kier molecular flexibility index (Phi) is 5.20. The summed E-state index contributed by atoms with van der Waals surface area (Å²) >= 11 is 0. The van der Waals surface area contributed by atoms with Gasteiger partial charge >= 0.3 is 0 Å². The van der Waals surface area contributed by atoms with Crippen LogP contribution in [0.3, 0.4) is 0 Å². The van der Waals surface area contributed by atoms with Crippen molar-refractivity contribution in [1.82, 2.24) is 9.80 Å². The molecule has 1 saturated heterocycles. The van der Waals surface area contributed by atoms with E-state index in [4.69, 9.17) is 0 Å². The lowest BCUT2D eigenvalue weighted by Gasteiger charge is -2.41. The highest BCUT2D eigenvalue weighted by Gasteiger charge is 2.33. The summed E-state index contributed by atoms with van der Waals surface area (Å²) in [6, 6.07) is 1.07. The third-order valence-corrected chi connectivity index (χ3v) is 3.91. The van der Waals surface area contributed by atoms with E-state index >= 15 is 0 Å². The van der Waals surface area contributed by atoms with Crippen LogP contribution in [-0.2, 0) is 4.79 Å². The minimum atomic E-state index is -0.259. The molecule has 1 rings (SSSR count). The van der Waals surface area contributed by atoms with Gasteiger partial charge in [0.2, 0.25) is 5.91 Å². The number of likely N-dealkylation sites (tertiary alicyclic amines) is 1. The lowest BCUT2D eigenvalue weighted by atomic mass is 9.92. The van der Waals surface area contributed by atoms with Crippen LogP contribution in [0.5, 0.6) is 0 Å². The lowest BCUT2D eigenvalue weighted by molar-refractivity contribution is -0.142. The Morgan fingerprint density at radius 1 is 1.28 bits per heavy atom. The summed E-state index contributed by atoms with van der Waals surface area (Å²) in [6.45, 7) is 15.7. The van der Waals surface area contributed by atoms with Crippen LogP contribution in [0.25, 0.3) is 0 Å². The molecule has 1 heterocycles. The van der Waals surface area contributed by atoms with Gasteiger partial charge in [0.15, 0.2) is 0 Å². The van der Waals surface area contributed by atoms with Crippen LogP contribution in [0.4, 0.5) is 0 Å². The summed E-state index contributed by atoms with van der Waals surface area (Å²) in [5.74, 6) is 0.299. The molecule has 18 heavy (non-hydrogen) atoms. The van der Waals surface area contributed by atoms with Gasteiger partial charge in [-0.2, -0.15) is 0 Å². The van der Waals surface area contributed by atoms with Gasteiger partial charge in [0.25, 0.3) is 0 Å². The van der Waals surface area contributed by atoms with Gasteiger partial charge in [-0.3, -0.25) is 4.79 Å². The van der Waals surface area contributed by atoms with Crippen molar-refractivity contribution in [3.63, 3.8) is 0 Å². The highest BCUT2D eigenvalue weighted by Crippen LogP contribution is 2.24. The summed E-state index contributed by atoms with van der Waals surface area (Å²) < 4.78 is 0. The number of carbonyl (C=O) groups is 1. The molecule has 1 fully saturated rings. The summed E-state index contributed by atoms with van der Waals surface area (Å²) in [6.07, 6.45) is 2.24. The first-order chi connectivity index (χ1) is 8.27. The molecule has 0 bridgehead atoms. The zero-order valence-corrected chi connectivity index (χ0v) is 13.0. The average Bonchev–Trinajstić information content (AvgIpc) is 2.29. The van der Waals surface area contributed by atoms with Crippen LogP contribution >= 0.6 is 0 Å². The zero-order valence-electron chi connectivity index (χ0n) is 13.0. The largest absolute Gasteiger partial charge is 0.339 e. The van der Waals surface area contributed by atoms with Crippen molar-refractivity contribution in [3.05, 3.63) is 0 Å². The lowest BCUT2D eigenvalue weighted by Crippen LogP contribution is -2.51. The molecular formula is C15H30N2O. The van der Waals surface area contributed by atoms with Gasteiger partial charge in [-0.05, 0) is 33.6 Å². The molecule has 1 amide bonds. The first-order valence-electron chi connectivity index (χ1n) is 7.32. The van der Waals surface area contributed by atoms with Crippen molar-refractivity contribution in [3.8, 4) is 0 Å². The van der Waals surface area contributed by atoms with Crippen molar-refractivity contribution in [2.24, 2.45) is 5.41 Å². The van der Waals surface area contributed by atoms with Gasteiger partial charge in [-0.25, -0.2) is 0 Å². The monoisotopic (exact) mass is 254 g/mol. The van der Waals surface area contributed by atoms with Crippen molar-refractivity contribution >= 4 is 5.91 Å². The highest BCUT2D eigenvalue weighted by molar-refractivity contribution is 5.81. The molecule has 1 aliphatic rings. The first kappa shape index (κ1) is 15.5. The number of nitrogens with zero attached hydrogens (tertiary/aromatic N) is 2. The number of rotatable bonds is 3. The molecule has 0 unspecified atom stereocenters. The minimum Gasteiger partial charge on any atom is -0.339 e. The molecule has 0 saturated carbocycles. The van der Waals surface area contributed by atoms with Gasteiger partial charge in [0, 0.05) is 37.1 Å². The van der Waals surface area contributed by atoms with E-state index in [1.165, 1.54) is 0 Å². The number of piperidine rings is 1. The third kappa shape index (κ3) is 3.71. The Morgan fingerprint density at radius 3 is 2.11 bits per heavy atom. The Hall–Kier alpha value is -0.570. The van der Waals surface area contributed by atoms with Gasteiger partial charge < -0.3 is 9.80 Å². The molecule has 0 atom stereocenters. The normalized spacial score (nSPS) is 19.3. The number of hydrogen-bond acceptors (Lipinski definition) is 2. The highest BCUT2D eigenvalue weighted by atomic mass is 16.2. The molecule has 0 aromatic heterocycles. The van der Waals surface area contributed by atoms with Crippen molar-refractivity contribution in [2.45, 2.75) is 66.5 Å². The maximum absolute atomic E-state index is 12.4. The third-order valence-electron chi connectivity index (χ3n) is 3.91. The smallest absolute Gasteiger partial charge is 0.228 e. The van der Waals surface area contributed by atoms with Crippen LogP contribution in [0.15, 0.2) is 0 Å². The fourth-order valence-electron chi connectivity index (χ4n) is 2.71. The summed E-state index contributed by atoms with van der Waals surface area (Å²) in [5.41, 5.74) is -0.259. The maximum atomic E-state index is 12.4. The van der Waals surface area contributed by atoms with Gasteiger partial charge in [-0.15, -0.1) is 0 Å². The molecule has 0 aromatic carbocycles. The van der Waals surface area contributed by atoms with Crippen LogP contribution < -0.4 is 0 Å². The van der Waals surface area contributed by atoms with E-state index in [2.05, 4.69) is 30.6 Å². The fourth-order valence-corrected chi connectivity index (χ4v) is 2.71. The quantitative estimate of drug-likeness (QED) is 0.773. The zero-order chi connectivity index (χ0) is 13.9. The molecule has 3 nitrogen and oxygen atoms in total. The molecule has 3 heteroatoms. The Morgan fingerprint density at radius 2 is 1.78 bits per heavy atom. The summed E-state index contributed by atoms with van der Waals surface area (Å²) in [4.78, 5) is 17.0. The Balaban J connectivity index is 2.61. The number of carbonyl (C=O) groups excluding carboxylic acids is 1. The topological polar surface area (TPSA) is 23.6 Å². The van der Waals surface area contributed by atoms with Crippen LogP contribution in [-0.4, -0.2) is 47.4 Å². The van der Waals surface area contributed by atoms with E-state index in [9.17, 15) is 4.79 Å². The Labute approximate surface area is 113 Å². The van der Waals surface area contributed by atoms with Crippen LogP contribution in [0.1, 0.15) is 54.4 Å². The second kappa shape index (κ2) is 6.05. The number of amides is 1. The SMILES string of the molecule is CCN(C(=O)C(C)(C)C)C1CCN(C(C)C)CC1. The van der Waals surface area contributed by atoms with Gasteiger partial charge in [0.05, 0.1) is 0 Å². The van der Waals surface area contributed by atoms with Crippen LogP contribution in [0, 0.1) is 5.41 Å².